The van der Waals surface area contributed by atoms with Crippen LogP contribution >= 0.6 is 0 Å². The minimum absolute atomic E-state index is 0.0596. The second kappa shape index (κ2) is 7.49. The van der Waals surface area contributed by atoms with Crippen molar-refractivity contribution in [3.05, 3.63) is 41.2 Å². The molecule has 1 unspecified atom stereocenters. The van der Waals surface area contributed by atoms with Gasteiger partial charge in [0.1, 0.15) is 12.4 Å². The first-order valence-corrected chi connectivity index (χ1v) is 8.26. The van der Waals surface area contributed by atoms with Gasteiger partial charge in [-0.1, -0.05) is 0 Å². The van der Waals surface area contributed by atoms with Gasteiger partial charge in [0.25, 0.3) is 0 Å². The van der Waals surface area contributed by atoms with E-state index in [1.54, 1.807) is 0 Å². The molecule has 128 valence electrons. The highest BCUT2D eigenvalue weighted by Gasteiger charge is 2.16. The van der Waals surface area contributed by atoms with Gasteiger partial charge >= 0.3 is 0 Å². The standard InChI is InChI=1S/C18H23N3O3/c1-12-17(13(2)21-20-12)10-18(22)19-14-5-7-15(8-6-14)24-11-16-4-3-9-23-16/h5-8,16H,3-4,9-11H2,1-2H3,(H,19,22)(H,20,21). The van der Waals surface area contributed by atoms with Gasteiger partial charge in [0.15, 0.2) is 0 Å². The van der Waals surface area contributed by atoms with Crippen LogP contribution in [0.2, 0.25) is 0 Å². The number of nitrogens with zero attached hydrogens (tertiary/aromatic N) is 1. The third kappa shape index (κ3) is 4.14. The van der Waals surface area contributed by atoms with Crippen molar-refractivity contribution in [1.29, 1.82) is 0 Å². The molecule has 1 amide bonds. The Labute approximate surface area is 141 Å². The Hall–Kier alpha value is -2.34. The maximum Gasteiger partial charge on any atom is 0.228 e. The maximum absolute atomic E-state index is 12.2. The zero-order chi connectivity index (χ0) is 16.9. The van der Waals surface area contributed by atoms with Gasteiger partial charge in [-0.25, -0.2) is 0 Å². The molecule has 0 bridgehead atoms. The summed E-state index contributed by atoms with van der Waals surface area (Å²) in [7, 11) is 0. The number of amides is 1. The number of aromatic nitrogens is 2. The van der Waals surface area contributed by atoms with Crippen molar-refractivity contribution in [2.45, 2.75) is 39.2 Å². The van der Waals surface area contributed by atoms with Crippen LogP contribution in [0.1, 0.15) is 29.8 Å². The number of H-pyrrole nitrogens is 1. The maximum atomic E-state index is 12.2. The van der Waals surface area contributed by atoms with E-state index in [4.69, 9.17) is 9.47 Å². The lowest BCUT2D eigenvalue weighted by Gasteiger charge is -2.12. The van der Waals surface area contributed by atoms with Crippen molar-refractivity contribution >= 4 is 11.6 Å². The lowest BCUT2D eigenvalue weighted by atomic mass is 10.1. The molecule has 2 N–H and O–H groups in total. The van der Waals surface area contributed by atoms with E-state index >= 15 is 0 Å². The van der Waals surface area contributed by atoms with Gasteiger partial charge in [-0.05, 0) is 51.0 Å². The highest BCUT2D eigenvalue weighted by Crippen LogP contribution is 2.19. The van der Waals surface area contributed by atoms with E-state index in [0.29, 0.717) is 13.0 Å². The zero-order valence-corrected chi connectivity index (χ0v) is 14.1. The summed E-state index contributed by atoms with van der Waals surface area (Å²) in [5.74, 6) is 0.723. The number of rotatable bonds is 6. The molecule has 3 rings (SSSR count). The summed E-state index contributed by atoms with van der Waals surface area (Å²) in [5, 5.41) is 9.90. The van der Waals surface area contributed by atoms with E-state index in [-0.39, 0.29) is 12.0 Å². The molecule has 2 aromatic rings. The number of carbonyl (C=O) groups is 1. The van der Waals surface area contributed by atoms with Crippen LogP contribution in [0.3, 0.4) is 0 Å². The minimum Gasteiger partial charge on any atom is -0.491 e. The molecule has 24 heavy (non-hydrogen) atoms. The topological polar surface area (TPSA) is 76.2 Å². The lowest BCUT2D eigenvalue weighted by molar-refractivity contribution is -0.115. The second-order valence-corrected chi connectivity index (χ2v) is 6.11. The highest BCUT2D eigenvalue weighted by atomic mass is 16.5. The number of aryl methyl sites for hydroxylation is 2. The molecule has 1 aliphatic rings. The van der Waals surface area contributed by atoms with E-state index < -0.39 is 0 Å². The van der Waals surface area contributed by atoms with Crippen LogP contribution in [0.5, 0.6) is 5.75 Å². The molecule has 1 saturated heterocycles. The summed E-state index contributed by atoms with van der Waals surface area (Å²) in [6.07, 6.45) is 2.67. The first-order valence-electron chi connectivity index (χ1n) is 8.26. The van der Waals surface area contributed by atoms with Crippen LogP contribution < -0.4 is 10.1 Å². The van der Waals surface area contributed by atoms with Gasteiger partial charge in [0.2, 0.25) is 5.91 Å². The van der Waals surface area contributed by atoms with Gasteiger partial charge < -0.3 is 14.8 Å². The Balaban J connectivity index is 1.51. The molecule has 1 aromatic heterocycles. The summed E-state index contributed by atoms with van der Waals surface area (Å²) in [6, 6.07) is 7.41. The van der Waals surface area contributed by atoms with Crippen molar-refractivity contribution in [3.63, 3.8) is 0 Å². The lowest BCUT2D eigenvalue weighted by Crippen LogP contribution is -2.16. The highest BCUT2D eigenvalue weighted by molar-refractivity contribution is 5.92. The van der Waals surface area contributed by atoms with Gasteiger partial charge in [-0.3, -0.25) is 9.89 Å². The Bertz CT molecular complexity index is 669. The van der Waals surface area contributed by atoms with E-state index in [0.717, 1.165) is 47.8 Å². The number of carbonyl (C=O) groups excluding carboxylic acids is 1. The summed E-state index contributed by atoms with van der Waals surface area (Å²) < 4.78 is 11.2. The molecule has 0 aliphatic carbocycles. The first-order chi connectivity index (χ1) is 11.6. The first kappa shape index (κ1) is 16.5. The third-order valence-corrected chi connectivity index (χ3v) is 4.22. The fourth-order valence-electron chi connectivity index (χ4n) is 2.80. The number of ether oxygens (including phenoxy) is 2. The average molecular weight is 329 g/mol. The van der Waals surface area contributed by atoms with Crippen LogP contribution in [0.4, 0.5) is 5.69 Å². The van der Waals surface area contributed by atoms with Gasteiger partial charge in [0.05, 0.1) is 18.2 Å². The van der Waals surface area contributed by atoms with Crippen LogP contribution in [0.25, 0.3) is 0 Å². The fraction of sp³-hybridized carbons (Fsp3) is 0.444. The molecule has 0 saturated carbocycles. The molecule has 6 nitrogen and oxygen atoms in total. The molecular weight excluding hydrogens is 306 g/mol. The quantitative estimate of drug-likeness (QED) is 0.854. The van der Waals surface area contributed by atoms with Crippen LogP contribution in [0, 0.1) is 13.8 Å². The Morgan fingerprint density at radius 3 is 2.79 bits per heavy atom. The minimum atomic E-state index is -0.0596. The molecule has 1 aliphatic heterocycles. The van der Waals surface area contributed by atoms with Crippen molar-refractivity contribution in [3.8, 4) is 5.75 Å². The molecule has 1 atom stereocenters. The largest absolute Gasteiger partial charge is 0.491 e. The van der Waals surface area contributed by atoms with E-state index in [2.05, 4.69) is 15.5 Å². The number of anilines is 1. The monoisotopic (exact) mass is 329 g/mol. The third-order valence-electron chi connectivity index (χ3n) is 4.22. The summed E-state index contributed by atoms with van der Waals surface area (Å²) >= 11 is 0. The summed E-state index contributed by atoms with van der Waals surface area (Å²) in [5.41, 5.74) is 3.49. The predicted octanol–water partition coefficient (Wildman–Crippen LogP) is 2.77. The van der Waals surface area contributed by atoms with Crippen LogP contribution in [-0.2, 0) is 16.0 Å². The van der Waals surface area contributed by atoms with E-state index in [1.165, 1.54) is 0 Å². The van der Waals surface area contributed by atoms with Crippen molar-refractivity contribution < 1.29 is 14.3 Å². The smallest absolute Gasteiger partial charge is 0.228 e. The second-order valence-electron chi connectivity index (χ2n) is 6.11. The van der Waals surface area contributed by atoms with Crippen molar-refractivity contribution in [2.24, 2.45) is 0 Å². The molecule has 1 fully saturated rings. The molecule has 2 heterocycles. The zero-order valence-electron chi connectivity index (χ0n) is 14.1. The van der Waals surface area contributed by atoms with Crippen LogP contribution in [-0.4, -0.2) is 35.4 Å². The van der Waals surface area contributed by atoms with E-state index in [1.807, 2.05) is 38.1 Å². The summed E-state index contributed by atoms with van der Waals surface area (Å²) in [4.78, 5) is 12.2. The number of nitrogens with one attached hydrogen (secondary N) is 2. The predicted molar refractivity (Wildman–Crippen MR) is 91.3 cm³/mol. The van der Waals surface area contributed by atoms with Crippen molar-refractivity contribution in [2.75, 3.05) is 18.5 Å². The van der Waals surface area contributed by atoms with Crippen LogP contribution in [0.15, 0.2) is 24.3 Å². The van der Waals surface area contributed by atoms with Gasteiger partial charge in [0, 0.05) is 23.6 Å². The Kier molecular flexibility index (Phi) is 5.15. The number of hydrogen-bond donors (Lipinski definition) is 2. The normalized spacial score (nSPS) is 17.0. The molecular formula is C18H23N3O3. The molecule has 0 radical (unpaired) electrons. The van der Waals surface area contributed by atoms with E-state index in [9.17, 15) is 4.79 Å². The van der Waals surface area contributed by atoms with Gasteiger partial charge in [-0.15, -0.1) is 0 Å². The molecule has 1 aromatic carbocycles. The number of aromatic amines is 1. The van der Waals surface area contributed by atoms with Crippen molar-refractivity contribution in [1.82, 2.24) is 10.2 Å². The summed E-state index contributed by atoms with van der Waals surface area (Å²) in [6.45, 7) is 5.22. The Morgan fingerprint density at radius 1 is 1.38 bits per heavy atom. The molecule has 0 spiro atoms. The molecule has 6 heteroatoms. The average Bonchev–Trinajstić information content (AvgIpc) is 3.20. The van der Waals surface area contributed by atoms with Gasteiger partial charge in [-0.2, -0.15) is 5.10 Å². The number of hydrogen-bond acceptors (Lipinski definition) is 4. The number of benzene rings is 1. The Morgan fingerprint density at radius 2 is 2.17 bits per heavy atom. The fourth-order valence-corrected chi connectivity index (χ4v) is 2.80. The SMILES string of the molecule is Cc1n[nH]c(C)c1CC(=O)Nc1ccc(OCC2CCCO2)cc1.